The van der Waals surface area contributed by atoms with E-state index in [1.165, 1.54) is 39.8 Å². The molecule has 2 N–H and O–H groups in total. The summed E-state index contributed by atoms with van der Waals surface area (Å²) in [7, 11) is 0. The van der Waals surface area contributed by atoms with E-state index in [1.807, 2.05) is 6.92 Å². The number of hydrogen-bond donors (Lipinski definition) is 2. The van der Waals surface area contributed by atoms with Gasteiger partial charge < -0.3 is 15.3 Å². The first-order valence-corrected chi connectivity index (χ1v) is 11.1. The Kier molecular flexibility index (Phi) is 5.92. The van der Waals surface area contributed by atoms with Crippen LogP contribution in [0.2, 0.25) is 0 Å². The minimum atomic E-state index is -1.25. The minimum Gasteiger partial charge on any atom is -0.481 e. The number of nitrogens with one attached hydrogen (secondary N) is 1. The number of aliphatic carboxylic acids is 1. The molecule has 3 heterocycles. The predicted octanol–water partition coefficient (Wildman–Crippen LogP) is 1.21. The van der Waals surface area contributed by atoms with Gasteiger partial charge in [0.15, 0.2) is 9.18 Å². The number of fused-ring (bicyclic) bond motifs is 1. The number of aryl methyl sites for hydroxylation is 1. The molecular formula is C13H14Cl2N4O4S3. The zero-order valence-electron chi connectivity index (χ0n) is 13.3. The Morgan fingerprint density at radius 3 is 2.81 bits per heavy atom. The van der Waals surface area contributed by atoms with E-state index >= 15 is 0 Å². The van der Waals surface area contributed by atoms with Gasteiger partial charge in [-0.1, -0.05) is 46.3 Å². The summed E-state index contributed by atoms with van der Waals surface area (Å²) < 4.78 is 0.700. The summed E-state index contributed by atoms with van der Waals surface area (Å²) >= 11 is 15.0. The molecule has 2 aliphatic heterocycles. The average Bonchev–Trinajstić information content (AvgIpc) is 3.02. The first-order valence-electron chi connectivity index (χ1n) is 7.40. The molecule has 0 spiro atoms. The fraction of sp³-hybridized carbons (Fsp3) is 0.615. The van der Waals surface area contributed by atoms with Crippen LogP contribution in [-0.4, -0.2) is 72.3 Å². The number of halogens is 2. The van der Waals surface area contributed by atoms with Crippen molar-refractivity contribution in [1.82, 2.24) is 20.4 Å². The van der Waals surface area contributed by atoms with Crippen LogP contribution in [0.5, 0.6) is 0 Å². The number of thioether (sulfide) groups is 2. The predicted molar refractivity (Wildman–Crippen MR) is 101 cm³/mol. The summed E-state index contributed by atoms with van der Waals surface area (Å²) in [6.45, 7) is 1.91. The van der Waals surface area contributed by atoms with Crippen LogP contribution in [0.1, 0.15) is 5.01 Å². The van der Waals surface area contributed by atoms with Crippen LogP contribution in [0.4, 0.5) is 0 Å². The molecule has 3 rings (SSSR count). The van der Waals surface area contributed by atoms with Crippen molar-refractivity contribution >= 4 is 75.8 Å². The van der Waals surface area contributed by atoms with Crippen LogP contribution < -0.4 is 5.32 Å². The Morgan fingerprint density at radius 1 is 1.50 bits per heavy atom. The van der Waals surface area contributed by atoms with Crippen molar-refractivity contribution in [3.8, 4) is 0 Å². The lowest BCUT2D eigenvalue weighted by Gasteiger charge is -2.53. The summed E-state index contributed by atoms with van der Waals surface area (Å²) in [5, 5.41) is 20.7. The highest BCUT2D eigenvalue weighted by Gasteiger charge is 2.57. The molecule has 2 fully saturated rings. The third kappa shape index (κ3) is 3.77. The molecule has 1 aromatic heterocycles. The van der Waals surface area contributed by atoms with Crippen LogP contribution in [0.3, 0.4) is 0 Å². The number of amides is 2. The van der Waals surface area contributed by atoms with Crippen LogP contribution in [-0.2, 0) is 14.4 Å². The maximum absolute atomic E-state index is 12.3. The number of carboxylic acid groups (broad SMARTS) is 1. The first kappa shape index (κ1) is 20.0. The van der Waals surface area contributed by atoms with Crippen molar-refractivity contribution in [2.24, 2.45) is 5.41 Å². The Balaban J connectivity index is 1.66. The SMILES string of the molecule is Cc1nnc(SCC2(C(=O)O)CS[C@@H]3C(NC(=O)C(Cl)Cl)C(=O)N3C2)s1. The van der Waals surface area contributed by atoms with E-state index in [9.17, 15) is 19.5 Å². The molecule has 3 atom stereocenters. The monoisotopic (exact) mass is 456 g/mol. The van der Waals surface area contributed by atoms with E-state index in [-0.39, 0.29) is 23.6 Å². The van der Waals surface area contributed by atoms with Gasteiger partial charge in [-0.15, -0.1) is 22.0 Å². The molecule has 2 aliphatic rings. The van der Waals surface area contributed by atoms with Crippen molar-refractivity contribution in [2.45, 2.75) is 27.5 Å². The standard InChI is InChI=1S/C13H14Cl2N4O4S3/c1-5-17-18-12(26-5)25-4-13(11(22)23)2-19-9(21)6(10(19)24-3-13)16-8(20)7(14)15/h6-7,10H,2-4H2,1H3,(H,16,20)(H,22,23)/t6?,10-,13?/m1/s1. The second-order valence-electron chi connectivity index (χ2n) is 5.92. The molecule has 142 valence electrons. The second kappa shape index (κ2) is 7.70. The summed E-state index contributed by atoms with van der Waals surface area (Å²) in [6, 6.07) is -0.724. The van der Waals surface area contributed by atoms with E-state index in [0.29, 0.717) is 10.1 Å². The van der Waals surface area contributed by atoms with Crippen LogP contribution in [0.15, 0.2) is 4.34 Å². The van der Waals surface area contributed by atoms with Crippen LogP contribution in [0, 0.1) is 12.3 Å². The first-order chi connectivity index (χ1) is 12.2. The van der Waals surface area contributed by atoms with Crippen molar-refractivity contribution < 1.29 is 19.5 Å². The quantitative estimate of drug-likeness (QED) is 0.373. The van der Waals surface area contributed by atoms with Gasteiger partial charge in [0, 0.05) is 18.1 Å². The lowest BCUT2D eigenvalue weighted by Crippen LogP contribution is -2.74. The van der Waals surface area contributed by atoms with E-state index in [0.717, 1.165) is 5.01 Å². The Labute approximate surface area is 171 Å². The molecule has 13 heteroatoms. The highest BCUT2D eigenvalue weighted by molar-refractivity contribution is 8.01. The van der Waals surface area contributed by atoms with E-state index in [2.05, 4.69) is 15.5 Å². The number of carbonyl (C=O) groups is 3. The summed E-state index contributed by atoms with van der Waals surface area (Å²) in [6.07, 6.45) is 0. The van der Waals surface area contributed by atoms with Crippen molar-refractivity contribution in [3.63, 3.8) is 0 Å². The highest BCUT2D eigenvalue weighted by Crippen LogP contribution is 2.44. The van der Waals surface area contributed by atoms with Crippen LogP contribution in [0.25, 0.3) is 0 Å². The average molecular weight is 457 g/mol. The van der Waals surface area contributed by atoms with E-state index in [4.69, 9.17) is 23.2 Å². The number of carboxylic acids is 1. The smallest absolute Gasteiger partial charge is 0.313 e. The molecule has 0 aliphatic carbocycles. The third-order valence-corrected chi connectivity index (χ3v) is 8.32. The number of rotatable bonds is 6. The molecule has 0 saturated carbocycles. The maximum Gasteiger partial charge on any atom is 0.313 e. The Bertz CT molecular complexity index is 749. The molecule has 2 amide bonds. The lowest BCUT2D eigenvalue weighted by atomic mass is 9.89. The number of aromatic nitrogens is 2. The third-order valence-electron chi connectivity index (χ3n) is 4.07. The summed E-state index contributed by atoms with van der Waals surface area (Å²) in [4.78, 5) is 36.1. The van der Waals surface area contributed by atoms with Gasteiger partial charge in [0.05, 0.1) is 0 Å². The maximum atomic E-state index is 12.3. The van der Waals surface area contributed by atoms with E-state index < -0.39 is 28.2 Å². The van der Waals surface area contributed by atoms with Crippen molar-refractivity contribution in [1.29, 1.82) is 0 Å². The van der Waals surface area contributed by atoms with Crippen molar-refractivity contribution in [2.75, 3.05) is 18.1 Å². The van der Waals surface area contributed by atoms with Crippen LogP contribution >= 0.6 is 58.1 Å². The largest absolute Gasteiger partial charge is 0.481 e. The molecule has 0 aromatic carbocycles. The molecule has 0 radical (unpaired) electrons. The van der Waals surface area contributed by atoms with Gasteiger partial charge in [-0.25, -0.2) is 0 Å². The number of hydrogen-bond acceptors (Lipinski definition) is 8. The van der Waals surface area contributed by atoms with Crippen molar-refractivity contribution in [3.05, 3.63) is 5.01 Å². The molecule has 2 saturated heterocycles. The molecule has 1 aromatic rings. The fourth-order valence-corrected chi connectivity index (χ4v) is 6.46. The number of carbonyl (C=O) groups excluding carboxylic acids is 2. The van der Waals surface area contributed by atoms with Gasteiger partial charge in [0.2, 0.25) is 5.91 Å². The molecule has 2 unspecified atom stereocenters. The zero-order chi connectivity index (χ0) is 19.1. The number of nitrogens with zero attached hydrogens (tertiary/aromatic N) is 3. The van der Waals surface area contributed by atoms with Gasteiger partial charge in [-0.05, 0) is 6.92 Å². The number of β-lactam (4-membered cyclic amide) rings is 1. The summed E-state index contributed by atoms with van der Waals surface area (Å²) in [5.41, 5.74) is -1.09. The zero-order valence-corrected chi connectivity index (χ0v) is 17.3. The Hall–Kier alpha value is -0.750. The summed E-state index contributed by atoms with van der Waals surface area (Å²) in [5.74, 6) is -1.32. The molecule has 26 heavy (non-hydrogen) atoms. The van der Waals surface area contributed by atoms with E-state index in [1.54, 1.807) is 0 Å². The Morgan fingerprint density at radius 2 is 2.23 bits per heavy atom. The van der Waals surface area contributed by atoms with Gasteiger partial charge in [-0.3, -0.25) is 14.4 Å². The highest BCUT2D eigenvalue weighted by atomic mass is 35.5. The second-order valence-corrected chi connectivity index (χ2v) is 10.5. The molecular weight excluding hydrogens is 443 g/mol. The minimum absolute atomic E-state index is 0.0845. The van der Waals surface area contributed by atoms with Gasteiger partial charge in [0.25, 0.3) is 5.91 Å². The fourth-order valence-electron chi connectivity index (χ4n) is 2.66. The van der Waals surface area contributed by atoms with Gasteiger partial charge in [-0.2, -0.15) is 0 Å². The normalized spacial score (nSPS) is 27.8. The number of alkyl halides is 2. The molecule has 0 bridgehead atoms. The van der Waals surface area contributed by atoms with Gasteiger partial charge in [0.1, 0.15) is 21.8 Å². The topological polar surface area (TPSA) is 112 Å². The lowest BCUT2D eigenvalue weighted by molar-refractivity contribution is -0.157. The van der Waals surface area contributed by atoms with Gasteiger partial charge >= 0.3 is 5.97 Å². The molecule has 8 nitrogen and oxygen atoms in total.